The molecule has 1 atom stereocenters. The molecule has 0 saturated carbocycles. The van der Waals surface area contributed by atoms with Crippen LogP contribution in [0.15, 0.2) is 36.7 Å². The first-order valence-corrected chi connectivity index (χ1v) is 8.49. The first-order valence-electron chi connectivity index (χ1n) is 8.49. The maximum Gasteiger partial charge on any atom is 0.255 e. The number of benzene rings is 1. The topological polar surface area (TPSA) is 105 Å². The molecular weight excluding hydrogens is 332 g/mol. The van der Waals surface area contributed by atoms with Crippen molar-refractivity contribution < 1.29 is 14.4 Å². The molecule has 1 fully saturated rings. The Morgan fingerprint density at radius 1 is 1.19 bits per heavy atom. The summed E-state index contributed by atoms with van der Waals surface area (Å²) in [5, 5.41) is 2.32. The molecule has 0 aliphatic carbocycles. The molecule has 1 saturated heterocycles. The normalized spacial score (nSPS) is 19.5. The van der Waals surface area contributed by atoms with Gasteiger partial charge in [-0.2, -0.15) is 0 Å². The van der Waals surface area contributed by atoms with E-state index in [9.17, 15) is 14.4 Å². The number of nitrogens with zero attached hydrogens (tertiary/aromatic N) is 2. The summed E-state index contributed by atoms with van der Waals surface area (Å²) >= 11 is 0. The second-order valence-corrected chi connectivity index (χ2v) is 6.52. The Morgan fingerprint density at radius 2 is 2.00 bits per heavy atom. The van der Waals surface area contributed by atoms with Gasteiger partial charge in [0.25, 0.3) is 5.91 Å². The van der Waals surface area contributed by atoms with E-state index < -0.39 is 11.9 Å². The molecule has 2 aromatic rings. The predicted molar refractivity (Wildman–Crippen MR) is 93.6 cm³/mol. The smallest absolute Gasteiger partial charge is 0.255 e. The fourth-order valence-electron chi connectivity index (χ4n) is 3.60. The lowest BCUT2D eigenvalue weighted by molar-refractivity contribution is -0.136. The fraction of sp³-hybridized carbons (Fsp3) is 0.263. The number of nitrogens with two attached hydrogens (primary N) is 1. The van der Waals surface area contributed by atoms with Crippen molar-refractivity contribution in [3.8, 4) is 11.1 Å². The van der Waals surface area contributed by atoms with E-state index in [2.05, 4.69) is 10.3 Å². The number of carbonyl (C=O) groups excluding carboxylic acids is 3. The van der Waals surface area contributed by atoms with Gasteiger partial charge in [-0.15, -0.1) is 0 Å². The number of piperidine rings is 1. The summed E-state index contributed by atoms with van der Waals surface area (Å²) in [4.78, 5) is 42.2. The summed E-state index contributed by atoms with van der Waals surface area (Å²) in [6.07, 6.45) is 4.05. The van der Waals surface area contributed by atoms with E-state index in [-0.39, 0.29) is 18.2 Å². The first-order chi connectivity index (χ1) is 12.6. The minimum absolute atomic E-state index is 0.181. The van der Waals surface area contributed by atoms with Gasteiger partial charge in [-0.1, -0.05) is 12.1 Å². The van der Waals surface area contributed by atoms with Gasteiger partial charge in [-0.25, -0.2) is 0 Å². The number of amides is 3. The quantitative estimate of drug-likeness (QED) is 0.803. The molecule has 2 aliphatic heterocycles. The molecule has 4 rings (SSSR count). The van der Waals surface area contributed by atoms with Gasteiger partial charge in [0.05, 0.1) is 0 Å². The maximum atomic E-state index is 12.9. The lowest BCUT2D eigenvalue weighted by atomic mass is 9.97. The number of hydrogen-bond acceptors (Lipinski definition) is 5. The van der Waals surface area contributed by atoms with Crippen LogP contribution in [0.5, 0.6) is 0 Å². The summed E-state index contributed by atoms with van der Waals surface area (Å²) in [7, 11) is 0. The minimum Gasteiger partial charge on any atom is -0.326 e. The molecule has 1 unspecified atom stereocenters. The van der Waals surface area contributed by atoms with Crippen molar-refractivity contribution in [2.75, 3.05) is 0 Å². The van der Waals surface area contributed by atoms with E-state index in [4.69, 9.17) is 5.73 Å². The molecule has 0 bridgehead atoms. The van der Waals surface area contributed by atoms with E-state index in [0.717, 1.165) is 22.3 Å². The predicted octanol–water partition coefficient (Wildman–Crippen LogP) is 0.968. The van der Waals surface area contributed by atoms with Crippen molar-refractivity contribution in [2.45, 2.75) is 32.0 Å². The van der Waals surface area contributed by atoms with Gasteiger partial charge in [-0.3, -0.25) is 24.7 Å². The third-order valence-electron chi connectivity index (χ3n) is 4.92. The van der Waals surface area contributed by atoms with Gasteiger partial charge in [0.15, 0.2) is 0 Å². The highest BCUT2D eigenvalue weighted by Crippen LogP contribution is 2.34. The van der Waals surface area contributed by atoms with E-state index in [1.54, 1.807) is 23.4 Å². The number of hydrogen-bond donors (Lipinski definition) is 2. The van der Waals surface area contributed by atoms with Gasteiger partial charge in [-0.05, 0) is 35.2 Å². The summed E-state index contributed by atoms with van der Waals surface area (Å²) in [5.41, 5.74) is 9.88. The molecule has 3 heterocycles. The van der Waals surface area contributed by atoms with Crippen LogP contribution >= 0.6 is 0 Å². The fourth-order valence-corrected chi connectivity index (χ4v) is 3.60. The number of aromatic nitrogens is 1. The van der Waals surface area contributed by atoms with Crippen molar-refractivity contribution in [3.63, 3.8) is 0 Å². The standard InChI is InChI=1S/C19H18N4O3/c20-7-11-6-12(9-21-8-11)13-2-1-3-14-15(13)10-23(19(14)26)16-4-5-17(24)22-18(16)25/h1-3,6,8-9,16H,4-5,7,10,20H2,(H,22,24,25). The zero-order valence-electron chi connectivity index (χ0n) is 14.1. The van der Waals surface area contributed by atoms with E-state index in [1.807, 2.05) is 18.2 Å². The Labute approximate surface area is 150 Å². The van der Waals surface area contributed by atoms with Crippen LogP contribution in [0, 0.1) is 0 Å². The molecule has 0 radical (unpaired) electrons. The Bertz CT molecular complexity index is 925. The van der Waals surface area contributed by atoms with Crippen molar-refractivity contribution in [3.05, 3.63) is 53.3 Å². The molecule has 1 aromatic carbocycles. The minimum atomic E-state index is -0.617. The third-order valence-corrected chi connectivity index (χ3v) is 4.92. The number of fused-ring (bicyclic) bond motifs is 1. The lowest BCUT2D eigenvalue weighted by Crippen LogP contribution is -2.52. The molecule has 1 aromatic heterocycles. The van der Waals surface area contributed by atoms with Crippen molar-refractivity contribution >= 4 is 17.7 Å². The summed E-state index contributed by atoms with van der Waals surface area (Å²) in [6.45, 7) is 0.723. The number of imide groups is 1. The second kappa shape index (κ2) is 6.34. The lowest BCUT2D eigenvalue weighted by Gasteiger charge is -2.29. The van der Waals surface area contributed by atoms with E-state index in [1.165, 1.54) is 0 Å². The zero-order valence-corrected chi connectivity index (χ0v) is 14.1. The molecule has 7 nitrogen and oxygen atoms in total. The van der Waals surface area contributed by atoms with Crippen LogP contribution in [0.3, 0.4) is 0 Å². The molecular formula is C19H18N4O3. The van der Waals surface area contributed by atoms with Crippen molar-refractivity contribution in [1.29, 1.82) is 0 Å². The van der Waals surface area contributed by atoms with Crippen LogP contribution in [0.4, 0.5) is 0 Å². The monoisotopic (exact) mass is 350 g/mol. The van der Waals surface area contributed by atoms with Crippen LogP contribution in [-0.2, 0) is 22.7 Å². The zero-order chi connectivity index (χ0) is 18.3. The van der Waals surface area contributed by atoms with Crippen molar-refractivity contribution in [2.24, 2.45) is 5.73 Å². The molecule has 132 valence electrons. The highest BCUT2D eigenvalue weighted by molar-refractivity contribution is 6.06. The molecule has 3 amide bonds. The Morgan fingerprint density at radius 3 is 2.77 bits per heavy atom. The molecule has 26 heavy (non-hydrogen) atoms. The summed E-state index contributed by atoms with van der Waals surface area (Å²) in [6, 6.07) is 6.88. The molecule has 0 spiro atoms. The van der Waals surface area contributed by atoms with Gasteiger partial charge >= 0.3 is 0 Å². The average molecular weight is 350 g/mol. The number of pyridine rings is 1. The van der Waals surface area contributed by atoms with Crippen molar-refractivity contribution in [1.82, 2.24) is 15.2 Å². The molecule has 2 aliphatic rings. The van der Waals surface area contributed by atoms with Crippen LogP contribution in [0.25, 0.3) is 11.1 Å². The Balaban J connectivity index is 1.70. The third kappa shape index (κ3) is 2.66. The number of rotatable bonds is 3. The Kier molecular flexibility index (Phi) is 4.00. The average Bonchev–Trinajstić information content (AvgIpc) is 2.98. The first kappa shape index (κ1) is 16.4. The van der Waals surface area contributed by atoms with Gasteiger partial charge < -0.3 is 10.6 Å². The Hall–Kier alpha value is -3.06. The summed E-state index contributed by atoms with van der Waals surface area (Å²) in [5.74, 6) is -0.879. The van der Waals surface area contributed by atoms with Crippen LogP contribution in [-0.4, -0.2) is 33.6 Å². The highest BCUT2D eigenvalue weighted by Gasteiger charge is 2.39. The van der Waals surface area contributed by atoms with Gasteiger partial charge in [0.1, 0.15) is 6.04 Å². The van der Waals surface area contributed by atoms with Gasteiger partial charge in [0.2, 0.25) is 11.8 Å². The van der Waals surface area contributed by atoms with Crippen LogP contribution in [0.2, 0.25) is 0 Å². The molecule has 7 heteroatoms. The van der Waals surface area contributed by atoms with Gasteiger partial charge in [0, 0.05) is 43.0 Å². The largest absolute Gasteiger partial charge is 0.326 e. The van der Waals surface area contributed by atoms with Crippen LogP contribution in [0.1, 0.15) is 34.3 Å². The highest BCUT2D eigenvalue weighted by atomic mass is 16.2. The maximum absolute atomic E-state index is 12.9. The molecule has 3 N–H and O–H groups in total. The van der Waals surface area contributed by atoms with E-state index >= 15 is 0 Å². The summed E-state index contributed by atoms with van der Waals surface area (Å²) < 4.78 is 0. The number of nitrogens with one attached hydrogen (secondary N) is 1. The van der Waals surface area contributed by atoms with Crippen LogP contribution < -0.4 is 11.1 Å². The SMILES string of the molecule is NCc1cncc(-c2cccc3c2CN(C2CCC(=O)NC2=O)C3=O)c1. The van der Waals surface area contributed by atoms with E-state index in [0.29, 0.717) is 25.1 Å². The number of carbonyl (C=O) groups is 3. The second-order valence-electron chi connectivity index (χ2n) is 6.52.